The molecule has 0 amide bonds. The zero-order chi connectivity index (χ0) is 11.7. The van der Waals surface area contributed by atoms with Crippen molar-refractivity contribution in [2.45, 2.75) is 6.42 Å². The lowest BCUT2D eigenvalue weighted by Crippen LogP contribution is -2.15. The average Bonchev–Trinajstić information content (AvgIpc) is 2.75. The molecule has 0 aliphatic carbocycles. The summed E-state index contributed by atoms with van der Waals surface area (Å²) in [5.41, 5.74) is 1.51. The van der Waals surface area contributed by atoms with E-state index in [4.69, 9.17) is 18.6 Å². The second-order valence-electron chi connectivity index (χ2n) is 3.81. The molecule has 0 saturated heterocycles. The van der Waals surface area contributed by atoms with Crippen LogP contribution in [0.25, 0.3) is 11.1 Å². The van der Waals surface area contributed by atoms with Crippen LogP contribution in [-0.2, 0) is 11.2 Å². The molecule has 3 rings (SSSR count). The van der Waals surface area contributed by atoms with Crippen LogP contribution in [0.5, 0.6) is 11.5 Å². The number of nitrogens with zero attached hydrogens (tertiary/aromatic N) is 1. The molecule has 1 aromatic carbocycles. The number of methoxy groups -OCH3 is 1. The van der Waals surface area contributed by atoms with Gasteiger partial charge in [0.25, 0.3) is 0 Å². The summed E-state index contributed by atoms with van der Waals surface area (Å²) in [6.07, 6.45) is 0.664. The lowest BCUT2D eigenvalue weighted by atomic mass is 10.2. The lowest BCUT2D eigenvalue weighted by molar-refractivity contribution is 0.172. The SMILES string of the molecule is COCCc1nc2cc3c(cc2o1)OCCO3. The summed E-state index contributed by atoms with van der Waals surface area (Å²) in [5.74, 6) is 2.12. The van der Waals surface area contributed by atoms with Crippen molar-refractivity contribution >= 4 is 11.1 Å². The Balaban J connectivity index is 1.98. The molecule has 1 aliphatic heterocycles. The Morgan fingerprint density at radius 1 is 1.24 bits per heavy atom. The van der Waals surface area contributed by atoms with Gasteiger partial charge in [0.05, 0.1) is 6.61 Å². The largest absolute Gasteiger partial charge is 0.486 e. The van der Waals surface area contributed by atoms with Crippen LogP contribution >= 0.6 is 0 Å². The van der Waals surface area contributed by atoms with E-state index in [9.17, 15) is 0 Å². The highest BCUT2D eigenvalue weighted by Gasteiger charge is 2.15. The second-order valence-corrected chi connectivity index (χ2v) is 3.81. The second kappa shape index (κ2) is 4.25. The smallest absolute Gasteiger partial charge is 0.197 e. The fourth-order valence-electron chi connectivity index (χ4n) is 1.81. The molecule has 0 saturated carbocycles. The fourth-order valence-corrected chi connectivity index (χ4v) is 1.81. The standard InChI is InChI=1S/C12H13NO4/c1-14-3-2-12-13-8-6-10-11(7-9(8)17-12)16-5-4-15-10/h6-7H,2-5H2,1H3. The number of rotatable bonds is 3. The van der Waals surface area contributed by atoms with E-state index >= 15 is 0 Å². The number of oxazole rings is 1. The Morgan fingerprint density at radius 2 is 2.00 bits per heavy atom. The molecule has 0 N–H and O–H groups in total. The van der Waals surface area contributed by atoms with Gasteiger partial charge in [-0.3, -0.25) is 0 Å². The Hall–Kier alpha value is -1.75. The first-order valence-corrected chi connectivity index (χ1v) is 5.55. The number of benzene rings is 1. The van der Waals surface area contributed by atoms with Crippen molar-refractivity contribution in [1.29, 1.82) is 0 Å². The molecule has 2 aromatic rings. The summed E-state index contributed by atoms with van der Waals surface area (Å²) in [7, 11) is 1.66. The van der Waals surface area contributed by atoms with E-state index in [1.165, 1.54) is 0 Å². The number of ether oxygens (including phenoxy) is 3. The topological polar surface area (TPSA) is 53.7 Å². The van der Waals surface area contributed by atoms with Crippen LogP contribution < -0.4 is 9.47 Å². The monoisotopic (exact) mass is 235 g/mol. The molecule has 1 aliphatic rings. The Morgan fingerprint density at radius 3 is 2.76 bits per heavy atom. The minimum absolute atomic E-state index is 0.573. The van der Waals surface area contributed by atoms with Gasteiger partial charge in [0, 0.05) is 25.7 Å². The van der Waals surface area contributed by atoms with E-state index in [-0.39, 0.29) is 0 Å². The first-order valence-electron chi connectivity index (χ1n) is 5.55. The zero-order valence-electron chi connectivity index (χ0n) is 9.56. The molecule has 5 nitrogen and oxygen atoms in total. The Bertz CT molecular complexity index is 492. The van der Waals surface area contributed by atoms with Crippen molar-refractivity contribution in [3.05, 3.63) is 18.0 Å². The van der Waals surface area contributed by atoms with Crippen molar-refractivity contribution in [1.82, 2.24) is 4.98 Å². The van der Waals surface area contributed by atoms with Crippen LogP contribution in [0.15, 0.2) is 16.5 Å². The fraction of sp³-hybridized carbons (Fsp3) is 0.417. The minimum Gasteiger partial charge on any atom is -0.486 e. The van der Waals surface area contributed by atoms with E-state index < -0.39 is 0 Å². The maximum atomic E-state index is 5.61. The van der Waals surface area contributed by atoms with Crippen LogP contribution in [0.1, 0.15) is 5.89 Å². The molecule has 0 spiro atoms. The van der Waals surface area contributed by atoms with Crippen LogP contribution in [0.4, 0.5) is 0 Å². The highest BCUT2D eigenvalue weighted by atomic mass is 16.6. The van der Waals surface area contributed by atoms with Crippen molar-refractivity contribution in [2.24, 2.45) is 0 Å². The number of fused-ring (bicyclic) bond motifs is 2. The van der Waals surface area contributed by atoms with Crippen LogP contribution in [0, 0.1) is 0 Å². The van der Waals surface area contributed by atoms with Crippen LogP contribution in [0.3, 0.4) is 0 Å². The zero-order valence-corrected chi connectivity index (χ0v) is 9.56. The van der Waals surface area contributed by atoms with Crippen LogP contribution in [-0.4, -0.2) is 31.9 Å². The predicted molar refractivity (Wildman–Crippen MR) is 60.6 cm³/mol. The summed E-state index contributed by atoms with van der Waals surface area (Å²) in [5, 5.41) is 0. The molecule has 0 atom stereocenters. The van der Waals surface area contributed by atoms with Gasteiger partial charge in [-0.15, -0.1) is 0 Å². The Kier molecular flexibility index (Phi) is 2.60. The van der Waals surface area contributed by atoms with Crippen molar-refractivity contribution < 1.29 is 18.6 Å². The van der Waals surface area contributed by atoms with Crippen LogP contribution in [0.2, 0.25) is 0 Å². The molecule has 17 heavy (non-hydrogen) atoms. The van der Waals surface area contributed by atoms with Crippen molar-refractivity contribution in [3.63, 3.8) is 0 Å². The molecule has 5 heteroatoms. The normalized spacial score (nSPS) is 14.2. The van der Waals surface area contributed by atoms with Crippen molar-refractivity contribution in [2.75, 3.05) is 26.9 Å². The molecule has 0 bridgehead atoms. The molecular weight excluding hydrogens is 222 g/mol. The van der Waals surface area contributed by atoms with Gasteiger partial charge in [0.15, 0.2) is 23.0 Å². The maximum absolute atomic E-state index is 5.61. The minimum atomic E-state index is 0.573. The molecule has 0 fully saturated rings. The average molecular weight is 235 g/mol. The van der Waals surface area contributed by atoms with E-state index in [1.54, 1.807) is 7.11 Å². The van der Waals surface area contributed by atoms with Gasteiger partial charge in [0.2, 0.25) is 0 Å². The molecule has 0 unspecified atom stereocenters. The maximum Gasteiger partial charge on any atom is 0.197 e. The van der Waals surface area contributed by atoms with Gasteiger partial charge in [-0.1, -0.05) is 0 Å². The third-order valence-electron chi connectivity index (χ3n) is 2.62. The first-order chi connectivity index (χ1) is 8.36. The number of hydrogen-bond donors (Lipinski definition) is 0. The predicted octanol–water partition coefficient (Wildman–Crippen LogP) is 1.79. The summed E-state index contributed by atoms with van der Waals surface area (Å²) in [6.45, 7) is 1.75. The van der Waals surface area contributed by atoms with E-state index in [2.05, 4.69) is 4.98 Å². The third-order valence-corrected chi connectivity index (χ3v) is 2.62. The van der Waals surface area contributed by atoms with Gasteiger partial charge in [0.1, 0.15) is 18.7 Å². The first kappa shape index (κ1) is 10.4. The van der Waals surface area contributed by atoms with E-state index in [1.807, 2.05) is 12.1 Å². The van der Waals surface area contributed by atoms with Crippen molar-refractivity contribution in [3.8, 4) is 11.5 Å². The Labute approximate surface area is 98.3 Å². The van der Waals surface area contributed by atoms with E-state index in [0.717, 1.165) is 22.6 Å². The molecule has 90 valence electrons. The molecule has 1 aromatic heterocycles. The van der Waals surface area contributed by atoms with Gasteiger partial charge in [-0.05, 0) is 0 Å². The molecular formula is C12H13NO4. The highest BCUT2D eigenvalue weighted by Crippen LogP contribution is 2.34. The summed E-state index contributed by atoms with van der Waals surface area (Å²) in [4.78, 5) is 4.38. The summed E-state index contributed by atoms with van der Waals surface area (Å²) < 4.78 is 21.6. The number of aromatic nitrogens is 1. The molecule has 0 radical (unpaired) electrons. The highest BCUT2D eigenvalue weighted by molar-refractivity contribution is 5.77. The summed E-state index contributed by atoms with van der Waals surface area (Å²) >= 11 is 0. The summed E-state index contributed by atoms with van der Waals surface area (Å²) in [6, 6.07) is 3.68. The third kappa shape index (κ3) is 1.93. The molecule has 2 heterocycles. The van der Waals surface area contributed by atoms with Gasteiger partial charge >= 0.3 is 0 Å². The van der Waals surface area contributed by atoms with Gasteiger partial charge in [-0.2, -0.15) is 0 Å². The van der Waals surface area contributed by atoms with E-state index in [0.29, 0.717) is 32.1 Å². The quantitative estimate of drug-likeness (QED) is 0.811. The number of hydrogen-bond acceptors (Lipinski definition) is 5. The van der Waals surface area contributed by atoms with Gasteiger partial charge < -0.3 is 18.6 Å². The van der Waals surface area contributed by atoms with Gasteiger partial charge in [-0.25, -0.2) is 4.98 Å². The lowest BCUT2D eigenvalue weighted by Gasteiger charge is -2.17.